The number of benzene rings is 1. The van der Waals surface area contributed by atoms with Crippen LogP contribution in [0.1, 0.15) is 29.5 Å². The molecule has 0 aliphatic heterocycles. The summed E-state index contributed by atoms with van der Waals surface area (Å²) in [6, 6.07) is 7.46. The number of carbonyl (C=O) groups is 1. The molecule has 0 fully saturated rings. The summed E-state index contributed by atoms with van der Waals surface area (Å²) >= 11 is 0. The number of amides is 1. The highest BCUT2D eigenvalue weighted by atomic mass is 16.1. The number of nitrogens with zero attached hydrogens (tertiary/aromatic N) is 2. The van der Waals surface area contributed by atoms with Crippen molar-refractivity contribution in [2.24, 2.45) is 0 Å². The highest BCUT2D eigenvalue weighted by Crippen LogP contribution is 2.14. The van der Waals surface area contributed by atoms with Crippen LogP contribution in [-0.4, -0.2) is 27.6 Å². The fourth-order valence-electron chi connectivity index (χ4n) is 1.67. The fourth-order valence-corrected chi connectivity index (χ4v) is 1.67. The summed E-state index contributed by atoms with van der Waals surface area (Å²) in [5.41, 5.74) is 1.48. The van der Waals surface area contributed by atoms with Gasteiger partial charge in [-0.05, 0) is 18.6 Å². The molecule has 1 heterocycles. The lowest BCUT2D eigenvalue weighted by molar-refractivity contribution is 0.0950. The van der Waals surface area contributed by atoms with E-state index in [0.29, 0.717) is 17.9 Å². The average molecular weight is 259 g/mol. The number of rotatable bonds is 6. The molecule has 0 saturated carbocycles. The van der Waals surface area contributed by atoms with Gasteiger partial charge < -0.3 is 10.6 Å². The van der Waals surface area contributed by atoms with Crippen molar-refractivity contribution in [1.29, 1.82) is 0 Å². The molecule has 0 spiro atoms. The van der Waals surface area contributed by atoms with Crippen LogP contribution in [0.3, 0.4) is 0 Å². The number of hydrogen-bond donors (Lipinski definition) is 3. The van der Waals surface area contributed by atoms with Gasteiger partial charge in [0.15, 0.2) is 0 Å². The van der Waals surface area contributed by atoms with Crippen LogP contribution in [0.15, 0.2) is 30.6 Å². The molecule has 0 atom stereocenters. The van der Waals surface area contributed by atoms with E-state index in [1.54, 1.807) is 6.07 Å². The van der Waals surface area contributed by atoms with Crippen LogP contribution in [0.4, 0.5) is 5.69 Å². The minimum absolute atomic E-state index is 0.129. The molecule has 6 nitrogen and oxygen atoms in total. The molecule has 0 radical (unpaired) electrons. The van der Waals surface area contributed by atoms with Crippen molar-refractivity contribution >= 4 is 11.6 Å². The summed E-state index contributed by atoms with van der Waals surface area (Å²) in [4.78, 5) is 16.1. The van der Waals surface area contributed by atoms with Crippen molar-refractivity contribution in [1.82, 2.24) is 20.5 Å². The topological polar surface area (TPSA) is 82.7 Å². The Hall–Kier alpha value is -2.37. The number of H-pyrrole nitrogens is 1. The number of anilines is 1. The quantitative estimate of drug-likeness (QED) is 0.735. The average Bonchev–Trinajstić information content (AvgIpc) is 2.96. The molecule has 6 heteroatoms. The van der Waals surface area contributed by atoms with Crippen LogP contribution in [0.2, 0.25) is 0 Å². The van der Waals surface area contributed by atoms with Crippen LogP contribution in [0.5, 0.6) is 0 Å². The molecule has 100 valence electrons. The summed E-state index contributed by atoms with van der Waals surface area (Å²) < 4.78 is 0. The Morgan fingerprint density at radius 3 is 2.95 bits per heavy atom. The van der Waals surface area contributed by atoms with Crippen LogP contribution in [0.25, 0.3) is 0 Å². The molecule has 0 bridgehead atoms. The fraction of sp³-hybridized carbons (Fsp3) is 0.308. The number of carbonyl (C=O) groups excluding carboxylic acids is 1. The number of aromatic amines is 1. The Bertz CT molecular complexity index is 524. The Kier molecular flexibility index (Phi) is 4.49. The Balaban J connectivity index is 2.01. The summed E-state index contributed by atoms with van der Waals surface area (Å²) in [6.07, 6.45) is 2.42. The van der Waals surface area contributed by atoms with Gasteiger partial charge in [-0.15, -0.1) is 0 Å². The van der Waals surface area contributed by atoms with Gasteiger partial charge in [-0.1, -0.05) is 19.1 Å². The van der Waals surface area contributed by atoms with Gasteiger partial charge in [-0.2, -0.15) is 5.10 Å². The molecule has 2 aromatic rings. The molecular weight excluding hydrogens is 242 g/mol. The standard InChI is InChI=1S/C13H17N5O/c1-2-7-14-11-6-4-3-5-10(11)13(19)15-8-12-16-9-17-18-12/h3-6,9,14H,2,7-8H2,1H3,(H,15,19)(H,16,17,18). The van der Waals surface area contributed by atoms with E-state index in [2.05, 4.69) is 32.7 Å². The molecule has 19 heavy (non-hydrogen) atoms. The number of para-hydroxylation sites is 1. The lowest BCUT2D eigenvalue weighted by Crippen LogP contribution is -2.24. The van der Waals surface area contributed by atoms with Crippen LogP contribution in [-0.2, 0) is 6.54 Å². The lowest BCUT2D eigenvalue weighted by Gasteiger charge is -2.10. The van der Waals surface area contributed by atoms with Crippen molar-refractivity contribution in [2.45, 2.75) is 19.9 Å². The van der Waals surface area contributed by atoms with Crippen molar-refractivity contribution in [2.75, 3.05) is 11.9 Å². The van der Waals surface area contributed by atoms with Gasteiger partial charge in [0.1, 0.15) is 12.2 Å². The van der Waals surface area contributed by atoms with Gasteiger partial charge in [0.05, 0.1) is 12.1 Å². The van der Waals surface area contributed by atoms with Crippen LogP contribution >= 0.6 is 0 Å². The van der Waals surface area contributed by atoms with Crippen LogP contribution in [0, 0.1) is 0 Å². The highest BCUT2D eigenvalue weighted by molar-refractivity contribution is 5.99. The largest absolute Gasteiger partial charge is 0.384 e. The van der Waals surface area contributed by atoms with E-state index >= 15 is 0 Å². The van der Waals surface area contributed by atoms with Crippen molar-refractivity contribution < 1.29 is 4.79 Å². The van der Waals surface area contributed by atoms with E-state index in [1.165, 1.54) is 6.33 Å². The third-order valence-corrected chi connectivity index (χ3v) is 2.62. The molecule has 3 N–H and O–H groups in total. The Morgan fingerprint density at radius 1 is 1.37 bits per heavy atom. The summed E-state index contributed by atoms with van der Waals surface area (Å²) in [5, 5.41) is 12.5. The second-order valence-corrected chi connectivity index (χ2v) is 4.09. The van der Waals surface area contributed by atoms with Crippen molar-refractivity contribution in [3.05, 3.63) is 42.0 Å². The van der Waals surface area contributed by atoms with E-state index in [1.807, 2.05) is 18.2 Å². The third kappa shape index (κ3) is 3.54. The molecule has 2 rings (SSSR count). The number of hydrogen-bond acceptors (Lipinski definition) is 4. The summed E-state index contributed by atoms with van der Waals surface area (Å²) in [6.45, 7) is 3.26. The SMILES string of the molecule is CCCNc1ccccc1C(=O)NCc1ncn[nH]1. The van der Waals surface area contributed by atoms with Gasteiger partial charge in [0.2, 0.25) is 0 Å². The highest BCUT2D eigenvalue weighted by Gasteiger charge is 2.10. The Morgan fingerprint density at radius 2 is 2.21 bits per heavy atom. The molecule has 0 unspecified atom stereocenters. The molecule has 1 aromatic carbocycles. The minimum Gasteiger partial charge on any atom is -0.384 e. The Labute approximate surface area is 111 Å². The minimum atomic E-state index is -0.129. The molecule has 0 aliphatic rings. The van der Waals surface area contributed by atoms with Crippen molar-refractivity contribution in [3.8, 4) is 0 Å². The predicted octanol–water partition coefficient (Wildman–Crippen LogP) is 1.56. The second-order valence-electron chi connectivity index (χ2n) is 4.09. The zero-order valence-electron chi connectivity index (χ0n) is 10.8. The monoisotopic (exact) mass is 259 g/mol. The normalized spacial score (nSPS) is 10.2. The second kappa shape index (κ2) is 6.53. The van der Waals surface area contributed by atoms with E-state index in [0.717, 1.165) is 18.7 Å². The first kappa shape index (κ1) is 13.1. The maximum Gasteiger partial charge on any atom is 0.253 e. The molecular formula is C13H17N5O. The summed E-state index contributed by atoms with van der Waals surface area (Å²) in [7, 11) is 0. The molecule has 1 aromatic heterocycles. The van der Waals surface area contributed by atoms with Crippen molar-refractivity contribution in [3.63, 3.8) is 0 Å². The predicted molar refractivity (Wildman–Crippen MR) is 72.8 cm³/mol. The molecule has 1 amide bonds. The summed E-state index contributed by atoms with van der Waals surface area (Å²) in [5.74, 6) is 0.503. The third-order valence-electron chi connectivity index (χ3n) is 2.62. The molecule has 0 aliphatic carbocycles. The first-order chi connectivity index (χ1) is 9.31. The molecule has 0 saturated heterocycles. The van der Waals surface area contributed by atoms with Gasteiger partial charge >= 0.3 is 0 Å². The van der Waals surface area contributed by atoms with Gasteiger partial charge in [-0.3, -0.25) is 9.89 Å². The van der Waals surface area contributed by atoms with E-state index in [4.69, 9.17) is 0 Å². The van der Waals surface area contributed by atoms with Crippen LogP contribution < -0.4 is 10.6 Å². The number of nitrogens with one attached hydrogen (secondary N) is 3. The van der Waals surface area contributed by atoms with Gasteiger partial charge in [0, 0.05) is 12.2 Å². The van der Waals surface area contributed by atoms with E-state index in [-0.39, 0.29) is 5.91 Å². The van der Waals surface area contributed by atoms with E-state index in [9.17, 15) is 4.79 Å². The lowest BCUT2D eigenvalue weighted by atomic mass is 10.1. The first-order valence-electron chi connectivity index (χ1n) is 6.26. The van der Waals surface area contributed by atoms with Gasteiger partial charge in [-0.25, -0.2) is 4.98 Å². The van der Waals surface area contributed by atoms with E-state index < -0.39 is 0 Å². The maximum absolute atomic E-state index is 12.1. The maximum atomic E-state index is 12.1. The zero-order valence-corrected chi connectivity index (χ0v) is 10.8. The zero-order chi connectivity index (χ0) is 13.5. The smallest absolute Gasteiger partial charge is 0.253 e. The number of aromatic nitrogens is 3. The first-order valence-corrected chi connectivity index (χ1v) is 6.26. The van der Waals surface area contributed by atoms with Gasteiger partial charge in [0.25, 0.3) is 5.91 Å².